The molecule has 0 unspecified atom stereocenters. The number of anilines is 1. The molecule has 0 spiro atoms. The second kappa shape index (κ2) is 13.8. The van der Waals surface area contributed by atoms with Crippen LogP contribution in [-0.4, -0.2) is 37.8 Å². The summed E-state index contributed by atoms with van der Waals surface area (Å²) in [6.07, 6.45) is 1.50. The van der Waals surface area contributed by atoms with E-state index in [2.05, 4.69) is 47.7 Å². The number of nitrogens with zero attached hydrogens (tertiary/aromatic N) is 1. The molecule has 0 aliphatic heterocycles. The number of ether oxygens (including phenoxy) is 3. The smallest absolute Gasteiger partial charge is 0.271 e. The molecule has 37 heavy (non-hydrogen) atoms. The molecule has 0 aromatic heterocycles. The summed E-state index contributed by atoms with van der Waals surface area (Å²) in [6.45, 7) is 6.49. The van der Waals surface area contributed by atoms with E-state index < -0.39 is 5.91 Å². The maximum Gasteiger partial charge on any atom is 0.271 e. The van der Waals surface area contributed by atoms with E-state index in [9.17, 15) is 9.59 Å². The lowest BCUT2D eigenvalue weighted by molar-refractivity contribution is -0.118. The summed E-state index contributed by atoms with van der Waals surface area (Å²) in [7, 11) is 0. The first-order chi connectivity index (χ1) is 17.8. The molecular formula is C27H27Br2N3O5. The molecule has 0 radical (unpaired) electrons. The first-order valence-electron chi connectivity index (χ1n) is 11.5. The van der Waals surface area contributed by atoms with E-state index in [0.29, 0.717) is 56.2 Å². The lowest BCUT2D eigenvalue weighted by atomic mass is 10.2. The highest BCUT2D eigenvalue weighted by Crippen LogP contribution is 2.34. The fourth-order valence-electron chi connectivity index (χ4n) is 3.19. The second-order valence-corrected chi connectivity index (χ2v) is 9.45. The molecule has 0 fully saturated rings. The summed E-state index contributed by atoms with van der Waals surface area (Å²) >= 11 is 6.92. The molecule has 2 N–H and O–H groups in total. The van der Waals surface area contributed by atoms with Gasteiger partial charge in [0.2, 0.25) is 0 Å². The highest BCUT2D eigenvalue weighted by molar-refractivity contribution is 9.11. The number of carbonyl (C=O) groups excluding carboxylic acids is 2. The van der Waals surface area contributed by atoms with Gasteiger partial charge in [0.25, 0.3) is 11.8 Å². The van der Waals surface area contributed by atoms with Crippen LogP contribution < -0.4 is 25.0 Å². The molecule has 3 aromatic carbocycles. The molecular weight excluding hydrogens is 606 g/mol. The summed E-state index contributed by atoms with van der Waals surface area (Å²) in [6, 6.07) is 16.0. The zero-order valence-corrected chi connectivity index (χ0v) is 23.8. The van der Waals surface area contributed by atoms with Crippen LogP contribution in [0.2, 0.25) is 0 Å². The first-order valence-corrected chi connectivity index (χ1v) is 13.1. The number of rotatable bonds is 11. The Morgan fingerprint density at radius 2 is 1.54 bits per heavy atom. The Balaban J connectivity index is 1.59. The van der Waals surface area contributed by atoms with E-state index in [1.165, 1.54) is 6.21 Å². The number of amides is 2. The predicted molar refractivity (Wildman–Crippen MR) is 151 cm³/mol. The van der Waals surface area contributed by atoms with Gasteiger partial charge in [-0.05, 0) is 101 Å². The minimum absolute atomic E-state index is 0.166. The number of nitrogens with one attached hydrogen (secondary N) is 2. The number of hydrogen-bond donors (Lipinski definition) is 2. The molecule has 3 aromatic rings. The van der Waals surface area contributed by atoms with Gasteiger partial charge in [-0.2, -0.15) is 5.10 Å². The lowest BCUT2D eigenvalue weighted by Crippen LogP contribution is -2.20. The summed E-state index contributed by atoms with van der Waals surface area (Å²) in [4.78, 5) is 24.8. The average molecular weight is 633 g/mol. The van der Waals surface area contributed by atoms with Crippen molar-refractivity contribution in [3.63, 3.8) is 0 Å². The van der Waals surface area contributed by atoms with E-state index in [1.807, 2.05) is 45.0 Å². The van der Waals surface area contributed by atoms with Gasteiger partial charge in [0.05, 0.1) is 28.4 Å². The van der Waals surface area contributed by atoms with Crippen molar-refractivity contribution in [2.24, 2.45) is 5.10 Å². The Bertz CT molecular complexity index is 1260. The topological polar surface area (TPSA) is 98.3 Å². The minimum atomic E-state index is -0.391. The molecule has 0 aliphatic carbocycles. The second-order valence-electron chi connectivity index (χ2n) is 7.74. The Morgan fingerprint density at radius 3 is 2.19 bits per heavy atom. The lowest BCUT2D eigenvalue weighted by Gasteiger charge is -2.12. The van der Waals surface area contributed by atoms with Crippen LogP contribution in [-0.2, 0) is 4.79 Å². The molecule has 0 atom stereocenters. The Morgan fingerprint density at radius 1 is 0.892 bits per heavy atom. The van der Waals surface area contributed by atoms with Gasteiger partial charge in [-0.1, -0.05) is 17.7 Å². The number of hydrogen-bond acceptors (Lipinski definition) is 6. The molecule has 0 bridgehead atoms. The van der Waals surface area contributed by atoms with Gasteiger partial charge >= 0.3 is 0 Å². The molecule has 2 amide bonds. The van der Waals surface area contributed by atoms with Crippen molar-refractivity contribution in [3.05, 3.63) is 80.2 Å². The third-order valence-corrected chi connectivity index (χ3v) is 6.07. The first kappa shape index (κ1) is 28.2. The van der Waals surface area contributed by atoms with Gasteiger partial charge in [0, 0.05) is 11.3 Å². The van der Waals surface area contributed by atoms with Crippen LogP contribution in [0.1, 0.15) is 35.3 Å². The Labute approximate surface area is 232 Å². The zero-order valence-electron chi connectivity index (χ0n) is 20.6. The van der Waals surface area contributed by atoms with Gasteiger partial charge in [0.15, 0.2) is 18.1 Å². The van der Waals surface area contributed by atoms with Gasteiger partial charge in [-0.15, -0.1) is 0 Å². The normalized spacial score (nSPS) is 10.7. The van der Waals surface area contributed by atoms with Gasteiger partial charge in [0.1, 0.15) is 5.75 Å². The van der Waals surface area contributed by atoms with Gasteiger partial charge in [-0.25, -0.2) is 5.43 Å². The summed E-state index contributed by atoms with van der Waals surface area (Å²) in [5, 5.41) is 6.84. The molecule has 0 saturated carbocycles. The van der Waals surface area contributed by atoms with Crippen LogP contribution in [0.5, 0.6) is 17.2 Å². The summed E-state index contributed by atoms with van der Waals surface area (Å²) in [5.41, 5.74) is 5.40. The molecule has 0 heterocycles. The van der Waals surface area contributed by atoms with Crippen LogP contribution >= 0.6 is 31.9 Å². The molecule has 8 nitrogen and oxygen atoms in total. The minimum Gasteiger partial charge on any atom is -0.490 e. The van der Waals surface area contributed by atoms with Crippen LogP contribution in [0.3, 0.4) is 0 Å². The fourth-order valence-corrected chi connectivity index (χ4v) is 4.64. The Kier molecular flexibility index (Phi) is 10.5. The van der Waals surface area contributed by atoms with Crippen LogP contribution in [0.4, 0.5) is 5.69 Å². The third kappa shape index (κ3) is 8.33. The van der Waals surface area contributed by atoms with Crippen LogP contribution in [0.25, 0.3) is 0 Å². The maximum atomic E-state index is 12.5. The van der Waals surface area contributed by atoms with Gasteiger partial charge < -0.3 is 19.5 Å². The number of halogens is 2. The largest absolute Gasteiger partial charge is 0.490 e. The van der Waals surface area contributed by atoms with Crippen LogP contribution in [0, 0.1) is 6.92 Å². The molecule has 194 valence electrons. The highest BCUT2D eigenvalue weighted by atomic mass is 79.9. The van der Waals surface area contributed by atoms with E-state index >= 15 is 0 Å². The summed E-state index contributed by atoms with van der Waals surface area (Å²) in [5.74, 6) is 0.875. The van der Waals surface area contributed by atoms with Crippen molar-refractivity contribution >= 4 is 55.6 Å². The number of aryl methyl sites for hydroxylation is 1. The monoisotopic (exact) mass is 631 g/mol. The number of hydrazone groups is 1. The van der Waals surface area contributed by atoms with Crippen molar-refractivity contribution in [2.75, 3.05) is 25.1 Å². The van der Waals surface area contributed by atoms with Crippen molar-refractivity contribution in [1.29, 1.82) is 0 Å². The van der Waals surface area contributed by atoms with E-state index in [4.69, 9.17) is 14.2 Å². The molecule has 3 rings (SSSR count). The number of carbonyl (C=O) groups is 2. The SMILES string of the molecule is CCOc1ccc(C(=O)N/N=C/c2cc(Br)c(OCC(=O)Nc3ccc(C)cc3)c(Br)c2)cc1OCC. The predicted octanol–water partition coefficient (Wildman–Crippen LogP) is 6.10. The third-order valence-electron chi connectivity index (χ3n) is 4.89. The molecule has 0 aliphatic rings. The fraction of sp³-hybridized carbons (Fsp3) is 0.222. The average Bonchev–Trinajstić information content (AvgIpc) is 2.86. The van der Waals surface area contributed by atoms with Crippen LogP contribution in [0.15, 0.2) is 68.6 Å². The maximum absolute atomic E-state index is 12.5. The standard InChI is InChI=1S/C27H27Br2N3O5/c1-4-35-23-11-8-19(14-24(23)36-5-2)27(34)32-30-15-18-12-21(28)26(22(29)13-18)37-16-25(33)31-20-9-6-17(3)7-10-20/h6-15H,4-5,16H2,1-3H3,(H,31,33)(H,32,34)/b30-15+. The van der Waals surface area contributed by atoms with Crippen molar-refractivity contribution in [1.82, 2.24) is 5.43 Å². The molecule has 10 heteroatoms. The Hall–Kier alpha value is -3.37. The van der Waals surface area contributed by atoms with E-state index in [1.54, 1.807) is 30.3 Å². The quantitative estimate of drug-likeness (QED) is 0.197. The molecule has 0 saturated heterocycles. The van der Waals surface area contributed by atoms with Crippen molar-refractivity contribution < 1.29 is 23.8 Å². The highest BCUT2D eigenvalue weighted by Gasteiger charge is 2.13. The number of benzene rings is 3. The van der Waals surface area contributed by atoms with E-state index in [0.717, 1.165) is 5.56 Å². The van der Waals surface area contributed by atoms with E-state index in [-0.39, 0.29) is 12.5 Å². The van der Waals surface area contributed by atoms with Crippen molar-refractivity contribution in [3.8, 4) is 17.2 Å². The zero-order chi connectivity index (χ0) is 26.8. The van der Waals surface area contributed by atoms with Crippen molar-refractivity contribution in [2.45, 2.75) is 20.8 Å². The van der Waals surface area contributed by atoms with Gasteiger partial charge in [-0.3, -0.25) is 9.59 Å². The summed E-state index contributed by atoms with van der Waals surface area (Å²) < 4.78 is 18.0.